The minimum absolute atomic E-state index is 0.175. The van der Waals surface area contributed by atoms with Crippen LogP contribution in [0.25, 0.3) is 0 Å². The van der Waals surface area contributed by atoms with E-state index < -0.39 is 6.04 Å². The lowest BCUT2D eigenvalue weighted by molar-refractivity contribution is -0.121. The molecule has 1 fully saturated rings. The summed E-state index contributed by atoms with van der Waals surface area (Å²) in [6, 6.07) is 14.3. The predicted molar refractivity (Wildman–Crippen MR) is 103 cm³/mol. The Bertz CT molecular complexity index is 787. The van der Waals surface area contributed by atoms with Crippen molar-refractivity contribution in [3.05, 3.63) is 54.1 Å². The zero-order chi connectivity index (χ0) is 19.2. The van der Waals surface area contributed by atoms with E-state index in [1.807, 2.05) is 31.2 Å². The number of nitrogens with zero attached hydrogens (tertiary/aromatic N) is 1. The largest absolute Gasteiger partial charge is 0.497 e. The van der Waals surface area contributed by atoms with Crippen LogP contribution in [-0.2, 0) is 16.0 Å². The average Bonchev–Trinajstić information content (AvgIpc) is 2.97. The van der Waals surface area contributed by atoms with Gasteiger partial charge in [0, 0.05) is 0 Å². The number of ether oxygens (including phenoxy) is 2. The number of carbonyl (C=O) groups is 2. The van der Waals surface area contributed by atoms with Crippen LogP contribution in [0.1, 0.15) is 18.9 Å². The standard InChI is InChI=1S/C21H24N2O4/c1-3-27-18-10-6-16(7-11-18)23-20(24)14-19(21(23)25)22-13-12-15-4-8-17(26-2)9-5-15/h4-11,19,22H,3,12-14H2,1-2H3. The van der Waals surface area contributed by atoms with Crippen LogP contribution >= 0.6 is 0 Å². The molecular weight excluding hydrogens is 344 g/mol. The van der Waals surface area contributed by atoms with E-state index in [1.54, 1.807) is 31.4 Å². The molecule has 0 aliphatic carbocycles. The second-order valence-corrected chi connectivity index (χ2v) is 6.30. The molecule has 1 unspecified atom stereocenters. The van der Waals surface area contributed by atoms with Gasteiger partial charge in [-0.15, -0.1) is 0 Å². The van der Waals surface area contributed by atoms with Gasteiger partial charge in [-0.2, -0.15) is 0 Å². The van der Waals surface area contributed by atoms with Crippen LogP contribution < -0.4 is 19.7 Å². The Kier molecular flexibility index (Phi) is 6.08. The quantitative estimate of drug-likeness (QED) is 0.726. The molecule has 0 bridgehead atoms. The van der Waals surface area contributed by atoms with Gasteiger partial charge in [0.1, 0.15) is 11.5 Å². The predicted octanol–water partition coefficient (Wildman–Crippen LogP) is 2.56. The average molecular weight is 368 g/mol. The van der Waals surface area contributed by atoms with Crippen molar-refractivity contribution in [3.63, 3.8) is 0 Å². The molecule has 0 saturated carbocycles. The third kappa shape index (κ3) is 4.46. The van der Waals surface area contributed by atoms with Crippen molar-refractivity contribution in [1.29, 1.82) is 0 Å². The third-order valence-electron chi connectivity index (χ3n) is 4.52. The number of methoxy groups -OCH3 is 1. The Morgan fingerprint density at radius 3 is 2.33 bits per heavy atom. The van der Waals surface area contributed by atoms with Gasteiger partial charge in [0.25, 0.3) is 5.91 Å². The number of anilines is 1. The van der Waals surface area contributed by atoms with Gasteiger partial charge in [-0.05, 0) is 61.9 Å². The fourth-order valence-electron chi connectivity index (χ4n) is 3.10. The second-order valence-electron chi connectivity index (χ2n) is 6.30. The highest BCUT2D eigenvalue weighted by Crippen LogP contribution is 2.25. The lowest BCUT2D eigenvalue weighted by Crippen LogP contribution is -2.39. The van der Waals surface area contributed by atoms with E-state index in [4.69, 9.17) is 9.47 Å². The molecule has 0 aromatic heterocycles. The first-order chi connectivity index (χ1) is 13.1. The minimum atomic E-state index is -0.484. The van der Waals surface area contributed by atoms with E-state index in [2.05, 4.69) is 5.32 Å². The molecule has 6 nitrogen and oxygen atoms in total. The van der Waals surface area contributed by atoms with Crippen LogP contribution in [0.15, 0.2) is 48.5 Å². The highest BCUT2D eigenvalue weighted by molar-refractivity contribution is 6.22. The maximum atomic E-state index is 12.6. The maximum Gasteiger partial charge on any atom is 0.251 e. The third-order valence-corrected chi connectivity index (χ3v) is 4.52. The van der Waals surface area contributed by atoms with Gasteiger partial charge in [0.2, 0.25) is 5.91 Å². The number of hydrogen-bond donors (Lipinski definition) is 1. The highest BCUT2D eigenvalue weighted by Gasteiger charge is 2.39. The van der Waals surface area contributed by atoms with Crippen molar-refractivity contribution in [2.24, 2.45) is 0 Å². The highest BCUT2D eigenvalue weighted by atomic mass is 16.5. The summed E-state index contributed by atoms with van der Waals surface area (Å²) in [6.45, 7) is 3.10. The lowest BCUT2D eigenvalue weighted by Gasteiger charge is -2.16. The minimum Gasteiger partial charge on any atom is -0.497 e. The monoisotopic (exact) mass is 368 g/mol. The van der Waals surface area contributed by atoms with Gasteiger partial charge in [0.15, 0.2) is 0 Å². The van der Waals surface area contributed by atoms with E-state index in [1.165, 1.54) is 4.90 Å². The van der Waals surface area contributed by atoms with Crippen molar-refractivity contribution in [2.75, 3.05) is 25.2 Å². The molecule has 6 heteroatoms. The summed E-state index contributed by atoms with van der Waals surface area (Å²) < 4.78 is 10.5. The van der Waals surface area contributed by atoms with E-state index in [-0.39, 0.29) is 18.2 Å². The Morgan fingerprint density at radius 1 is 1.04 bits per heavy atom. The normalized spacial score (nSPS) is 16.7. The number of benzene rings is 2. The second kappa shape index (κ2) is 8.68. The first kappa shape index (κ1) is 18.9. The first-order valence-corrected chi connectivity index (χ1v) is 9.08. The summed E-state index contributed by atoms with van der Waals surface area (Å²) in [5, 5.41) is 3.20. The zero-order valence-electron chi connectivity index (χ0n) is 15.6. The number of hydrogen-bond acceptors (Lipinski definition) is 5. The zero-order valence-corrected chi connectivity index (χ0v) is 15.6. The smallest absolute Gasteiger partial charge is 0.251 e. The fourth-order valence-corrected chi connectivity index (χ4v) is 3.10. The number of amides is 2. The van der Waals surface area contributed by atoms with Crippen molar-refractivity contribution >= 4 is 17.5 Å². The van der Waals surface area contributed by atoms with E-state index in [0.29, 0.717) is 18.8 Å². The molecule has 1 aliphatic rings. The molecule has 1 heterocycles. The summed E-state index contributed by atoms with van der Waals surface area (Å²) in [5.41, 5.74) is 1.72. The molecule has 1 aliphatic heterocycles. The van der Waals surface area contributed by atoms with Crippen molar-refractivity contribution in [2.45, 2.75) is 25.8 Å². The lowest BCUT2D eigenvalue weighted by atomic mass is 10.1. The molecule has 0 radical (unpaired) electrons. The summed E-state index contributed by atoms with van der Waals surface area (Å²) in [5.74, 6) is 1.13. The molecule has 27 heavy (non-hydrogen) atoms. The number of rotatable bonds is 8. The molecule has 2 amide bonds. The fraction of sp³-hybridized carbons (Fsp3) is 0.333. The summed E-state index contributed by atoms with van der Waals surface area (Å²) in [6.07, 6.45) is 0.944. The molecular formula is C21H24N2O4. The number of carbonyl (C=O) groups excluding carboxylic acids is 2. The Hall–Kier alpha value is -2.86. The SMILES string of the molecule is CCOc1ccc(N2C(=O)CC(NCCc3ccc(OC)cc3)C2=O)cc1. The van der Waals surface area contributed by atoms with Gasteiger partial charge in [-0.1, -0.05) is 12.1 Å². The van der Waals surface area contributed by atoms with Gasteiger partial charge in [-0.25, -0.2) is 4.90 Å². The van der Waals surface area contributed by atoms with E-state index in [9.17, 15) is 9.59 Å². The van der Waals surface area contributed by atoms with Crippen LogP contribution in [0.4, 0.5) is 5.69 Å². The molecule has 2 aromatic rings. The summed E-state index contributed by atoms with van der Waals surface area (Å²) in [4.78, 5) is 26.2. The van der Waals surface area contributed by atoms with Crippen LogP contribution in [0.5, 0.6) is 11.5 Å². The van der Waals surface area contributed by atoms with Gasteiger partial charge in [-0.3, -0.25) is 9.59 Å². The van der Waals surface area contributed by atoms with Gasteiger partial charge >= 0.3 is 0 Å². The molecule has 3 rings (SSSR count). The Labute approximate surface area is 159 Å². The molecule has 0 spiro atoms. The topological polar surface area (TPSA) is 67.9 Å². The first-order valence-electron chi connectivity index (χ1n) is 9.08. The van der Waals surface area contributed by atoms with Crippen molar-refractivity contribution in [1.82, 2.24) is 5.32 Å². The van der Waals surface area contributed by atoms with Crippen molar-refractivity contribution in [3.8, 4) is 11.5 Å². The van der Waals surface area contributed by atoms with E-state index in [0.717, 1.165) is 23.5 Å². The van der Waals surface area contributed by atoms with Crippen LogP contribution in [0.2, 0.25) is 0 Å². The summed E-state index contributed by atoms with van der Waals surface area (Å²) >= 11 is 0. The number of nitrogens with one attached hydrogen (secondary N) is 1. The van der Waals surface area contributed by atoms with Crippen LogP contribution in [0.3, 0.4) is 0 Å². The van der Waals surface area contributed by atoms with Gasteiger partial charge in [0.05, 0.1) is 31.9 Å². The molecule has 2 aromatic carbocycles. The summed E-state index contributed by atoms with van der Waals surface area (Å²) in [7, 11) is 1.63. The van der Waals surface area contributed by atoms with Crippen LogP contribution in [0, 0.1) is 0 Å². The molecule has 1 saturated heterocycles. The Morgan fingerprint density at radius 2 is 1.70 bits per heavy atom. The molecule has 142 valence electrons. The molecule has 1 atom stereocenters. The van der Waals surface area contributed by atoms with E-state index >= 15 is 0 Å². The van der Waals surface area contributed by atoms with Gasteiger partial charge < -0.3 is 14.8 Å². The van der Waals surface area contributed by atoms with Crippen LogP contribution in [-0.4, -0.2) is 38.1 Å². The maximum absolute atomic E-state index is 12.6. The number of imide groups is 1. The Balaban J connectivity index is 1.56. The molecule has 1 N–H and O–H groups in total. The van der Waals surface area contributed by atoms with Crippen molar-refractivity contribution < 1.29 is 19.1 Å².